The third kappa shape index (κ3) is 5.05. The molecule has 0 radical (unpaired) electrons. The summed E-state index contributed by atoms with van der Waals surface area (Å²) >= 11 is 0. The Balaban J connectivity index is 1.21. The molecule has 0 atom stereocenters. The molecule has 0 saturated heterocycles. The molecule has 0 aromatic heterocycles. The zero-order valence-electron chi connectivity index (χ0n) is 27.1. The lowest BCUT2D eigenvalue weighted by Gasteiger charge is -2.21. The first-order valence-electron chi connectivity index (χ1n) is 17.5. The summed E-state index contributed by atoms with van der Waals surface area (Å²) in [4.78, 5) is 0. The third-order valence-electron chi connectivity index (χ3n) is 10.1. The molecule has 2 nitrogen and oxygen atoms in total. The number of rotatable bonds is 12. The number of benzene rings is 6. The van der Waals surface area contributed by atoms with Crippen LogP contribution in [0.1, 0.15) is 76.3 Å². The van der Waals surface area contributed by atoms with Gasteiger partial charge in [-0.3, -0.25) is 0 Å². The average Bonchev–Trinajstić information content (AvgIpc) is 3.10. The van der Waals surface area contributed by atoms with Crippen LogP contribution in [0.4, 0.5) is 0 Å². The van der Waals surface area contributed by atoms with Gasteiger partial charge in [0.05, 0.1) is 0 Å². The van der Waals surface area contributed by atoms with E-state index in [0.717, 1.165) is 57.1 Å². The Hall–Kier alpha value is -4.56. The van der Waals surface area contributed by atoms with Crippen molar-refractivity contribution >= 4 is 43.9 Å². The topological polar surface area (TPSA) is 26.3 Å². The Bertz CT molecular complexity index is 2050. The fourth-order valence-electron chi connectivity index (χ4n) is 7.58. The highest BCUT2D eigenvalue weighted by Crippen LogP contribution is 2.50. The van der Waals surface area contributed by atoms with E-state index in [4.69, 9.17) is 8.83 Å². The Morgan fingerprint density at radius 1 is 0.391 bits per heavy atom. The van der Waals surface area contributed by atoms with Gasteiger partial charge in [0.1, 0.15) is 22.3 Å². The second-order valence-corrected chi connectivity index (χ2v) is 13.2. The lowest BCUT2D eigenvalue weighted by atomic mass is 9.86. The Morgan fingerprint density at radius 3 is 1.22 bits per heavy atom. The molecule has 8 rings (SSSR count). The summed E-state index contributed by atoms with van der Waals surface area (Å²) in [6.45, 7) is 4.54. The van der Waals surface area contributed by atoms with Gasteiger partial charge in [0.15, 0.2) is 0 Å². The molecule has 2 heteroatoms. The van der Waals surface area contributed by atoms with Crippen LogP contribution in [0.3, 0.4) is 0 Å². The highest BCUT2D eigenvalue weighted by atomic mass is 16.3. The van der Waals surface area contributed by atoms with Crippen molar-refractivity contribution in [3.8, 4) is 33.4 Å². The summed E-state index contributed by atoms with van der Waals surface area (Å²) in [5, 5.41) is 4.68. The van der Waals surface area contributed by atoms with Crippen LogP contribution in [-0.2, 0) is 12.8 Å². The van der Waals surface area contributed by atoms with Crippen molar-refractivity contribution in [2.45, 2.75) is 78.1 Å². The van der Waals surface area contributed by atoms with E-state index in [1.165, 1.54) is 95.5 Å². The normalized spacial score (nSPS) is 12.1. The molecule has 0 N–H and O–H groups in total. The highest BCUT2D eigenvalue weighted by Gasteiger charge is 2.26. The molecular formula is C44H42O2. The maximum atomic E-state index is 6.67. The summed E-state index contributed by atoms with van der Waals surface area (Å²) in [6, 6.07) is 35.8. The molecule has 0 spiro atoms. The molecule has 230 valence electrons. The van der Waals surface area contributed by atoms with Crippen LogP contribution in [0, 0.1) is 0 Å². The first-order valence-corrected chi connectivity index (χ1v) is 17.5. The SMILES string of the molecule is CCCCCCc1ccc(-c2ccc3oc4ccc5c(-c6ccc(CCCCCC)cc6)ccc6oc7ccc2c3c7-c4c65)cc1. The van der Waals surface area contributed by atoms with Crippen molar-refractivity contribution in [1.29, 1.82) is 0 Å². The first kappa shape index (κ1) is 28.9. The van der Waals surface area contributed by atoms with E-state index >= 15 is 0 Å². The van der Waals surface area contributed by atoms with Crippen LogP contribution in [0.5, 0.6) is 0 Å². The molecule has 2 aliphatic rings. The fourth-order valence-corrected chi connectivity index (χ4v) is 7.58. The molecule has 6 aromatic rings. The van der Waals surface area contributed by atoms with Crippen LogP contribution in [0.2, 0.25) is 0 Å². The minimum absolute atomic E-state index is 0.896. The Kier molecular flexibility index (Phi) is 7.74. The van der Waals surface area contributed by atoms with E-state index in [1.807, 2.05) is 0 Å². The predicted molar refractivity (Wildman–Crippen MR) is 195 cm³/mol. The van der Waals surface area contributed by atoms with Crippen LogP contribution in [-0.4, -0.2) is 0 Å². The van der Waals surface area contributed by atoms with Gasteiger partial charge >= 0.3 is 0 Å². The molecule has 0 unspecified atom stereocenters. The van der Waals surface area contributed by atoms with Crippen molar-refractivity contribution in [2.75, 3.05) is 0 Å². The van der Waals surface area contributed by atoms with Gasteiger partial charge in [-0.15, -0.1) is 0 Å². The fraction of sp³-hybridized carbons (Fsp3) is 0.273. The summed E-state index contributed by atoms with van der Waals surface area (Å²) in [7, 11) is 0. The van der Waals surface area contributed by atoms with Crippen molar-refractivity contribution in [3.63, 3.8) is 0 Å². The predicted octanol–water partition coefficient (Wildman–Crippen LogP) is 13.6. The molecule has 0 saturated carbocycles. The lowest BCUT2D eigenvalue weighted by Crippen LogP contribution is -1.96. The van der Waals surface area contributed by atoms with Crippen molar-refractivity contribution < 1.29 is 8.83 Å². The maximum absolute atomic E-state index is 6.67. The summed E-state index contributed by atoms with van der Waals surface area (Å²) in [5.41, 5.74) is 13.7. The second kappa shape index (κ2) is 12.3. The second-order valence-electron chi connectivity index (χ2n) is 13.2. The summed E-state index contributed by atoms with van der Waals surface area (Å²) < 4.78 is 13.3. The smallest absolute Gasteiger partial charge is 0.136 e. The number of hydrogen-bond acceptors (Lipinski definition) is 2. The monoisotopic (exact) mass is 602 g/mol. The zero-order valence-corrected chi connectivity index (χ0v) is 27.1. The van der Waals surface area contributed by atoms with E-state index in [-0.39, 0.29) is 0 Å². The van der Waals surface area contributed by atoms with E-state index in [9.17, 15) is 0 Å². The van der Waals surface area contributed by atoms with Gasteiger partial charge in [0.2, 0.25) is 0 Å². The zero-order chi connectivity index (χ0) is 31.0. The molecule has 0 amide bonds. The Labute approximate surface area is 271 Å². The molecule has 2 aliphatic heterocycles. The van der Waals surface area contributed by atoms with Gasteiger partial charge in [-0.2, -0.15) is 0 Å². The van der Waals surface area contributed by atoms with Gasteiger partial charge in [-0.05, 0) is 106 Å². The maximum Gasteiger partial charge on any atom is 0.136 e. The quantitative estimate of drug-likeness (QED) is 0.0790. The van der Waals surface area contributed by atoms with E-state index < -0.39 is 0 Å². The van der Waals surface area contributed by atoms with Crippen LogP contribution in [0.15, 0.2) is 106 Å². The molecule has 0 fully saturated rings. The highest BCUT2D eigenvalue weighted by molar-refractivity contribution is 6.26. The molecule has 2 heterocycles. The number of unbranched alkanes of at least 4 members (excludes halogenated alkanes) is 6. The summed E-state index contributed by atoms with van der Waals surface area (Å²) in [6.07, 6.45) is 12.6. The molecule has 6 aromatic carbocycles. The lowest BCUT2D eigenvalue weighted by molar-refractivity contribution is 0.646. The van der Waals surface area contributed by atoms with Crippen molar-refractivity contribution in [3.05, 3.63) is 108 Å². The molecule has 0 bridgehead atoms. The Morgan fingerprint density at radius 2 is 0.804 bits per heavy atom. The van der Waals surface area contributed by atoms with Gasteiger partial charge < -0.3 is 8.83 Å². The van der Waals surface area contributed by atoms with E-state index in [2.05, 4.69) is 111 Å². The van der Waals surface area contributed by atoms with Crippen molar-refractivity contribution in [1.82, 2.24) is 0 Å². The molecule has 0 aliphatic carbocycles. The van der Waals surface area contributed by atoms with Crippen LogP contribution < -0.4 is 0 Å². The van der Waals surface area contributed by atoms with E-state index in [0.29, 0.717) is 0 Å². The minimum atomic E-state index is 0.896. The van der Waals surface area contributed by atoms with Crippen molar-refractivity contribution in [2.24, 2.45) is 0 Å². The first-order chi connectivity index (χ1) is 22.7. The average molecular weight is 603 g/mol. The molecular weight excluding hydrogens is 560 g/mol. The number of aryl methyl sites for hydroxylation is 2. The van der Waals surface area contributed by atoms with Crippen LogP contribution >= 0.6 is 0 Å². The van der Waals surface area contributed by atoms with Gasteiger partial charge in [0, 0.05) is 21.9 Å². The van der Waals surface area contributed by atoms with E-state index in [1.54, 1.807) is 0 Å². The third-order valence-corrected chi connectivity index (χ3v) is 10.1. The largest absolute Gasteiger partial charge is 0.456 e. The number of hydrogen-bond donors (Lipinski definition) is 0. The standard InChI is InChI=1S/C44H42O2/c1-3-5-7-9-11-29-13-17-31(18-14-29)33-21-25-37-41-35(33)23-27-39-43(41)44-40(45-37)28-24-36-34(22-26-38(46-39)42(36)44)32-19-15-30(16-20-32)12-10-8-6-4-2/h13-28H,3-12H2,1-2H3. The van der Waals surface area contributed by atoms with Crippen LogP contribution in [0.25, 0.3) is 77.3 Å². The van der Waals surface area contributed by atoms with Gasteiger partial charge in [-0.25, -0.2) is 0 Å². The molecule has 46 heavy (non-hydrogen) atoms. The minimum Gasteiger partial charge on any atom is -0.456 e. The summed E-state index contributed by atoms with van der Waals surface area (Å²) in [5.74, 6) is 0. The van der Waals surface area contributed by atoms with Gasteiger partial charge in [-0.1, -0.05) is 113 Å². The van der Waals surface area contributed by atoms with Gasteiger partial charge in [0.25, 0.3) is 0 Å².